The summed E-state index contributed by atoms with van der Waals surface area (Å²) in [5.41, 5.74) is 2.74. The zero-order chi connectivity index (χ0) is 14.2. The highest BCUT2D eigenvalue weighted by Crippen LogP contribution is 2.12. The lowest BCUT2D eigenvalue weighted by atomic mass is 10.2. The molecule has 0 N–H and O–H groups in total. The van der Waals surface area contributed by atoms with Crippen LogP contribution in [0.3, 0.4) is 0 Å². The number of benzene rings is 1. The topological polar surface area (TPSA) is 40.6 Å². The molecule has 102 valence electrons. The van der Waals surface area contributed by atoms with Gasteiger partial charge in [0.1, 0.15) is 10.9 Å². The molecule has 20 heavy (non-hydrogen) atoms. The quantitative estimate of drug-likeness (QED) is 0.212. The summed E-state index contributed by atoms with van der Waals surface area (Å²) >= 11 is 6.53. The molecule has 1 heterocycles. The van der Waals surface area contributed by atoms with E-state index in [0.29, 0.717) is 0 Å². The Morgan fingerprint density at radius 1 is 1.20 bits per heavy atom. The van der Waals surface area contributed by atoms with Crippen molar-refractivity contribution in [1.82, 2.24) is 4.98 Å². The fourth-order valence-corrected chi connectivity index (χ4v) is 2.20. The van der Waals surface area contributed by atoms with E-state index in [1.54, 1.807) is 6.20 Å². The number of rotatable bonds is 5. The summed E-state index contributed by atoms with van der Waals surface area (Å²) in [4.78, 5) is 4.20. The van der Waals surface area contributed by atoms with Crippen LogP contribution < -0.4 is 0 Å². The molecule has 0 saturated carbocycles. The zero-order valence-electron chi connectivity index (χ0n) is 11.0. The van der Waals surface area contributed by atoms with Crippen molar-refractivity contribution in [3.05, 3.63) is 66.0 Å². The van der Waals surface area contributed by atoms with Gasteiger partial charge in [-0.15, -0.1) is 0 Å². The van der Waals surface area contributed by atoms with Crippen molar-refractivity contribution < 1.29 is 3.51 Å². The minimum atomic E-state index is 0.737. The van der Waals surface area contributed by atoms with Crippen molar-refractivity contribution in [2.24, 2.45) is 10.3 Å². The first-order valence-corrected chi connectivity index (χ1v) is 7.37. The maximum Gasteiger partial charge on any atom is 0.202 e. The van der Waals surface area contributed by atoms with Crippen LogP contribution in [-0.2, 0) is 18.6 Å². The predicted octanol–water partition coefficient (Wildman–Crippen LogP) is 3.58. The molecule has 0 fully saturated rings. The van der Waals surface area contributed by atoms with Crippen LogP contribution in [-0.4, -0.2) is 14.2 Å². The summed E-state index contributed by atoms with van der Waals surface area (Å²) in [6.45, 7) is 1.86. The van der Waals surface area contributed by atoms with E-state index in [4.69, 9.17) is 12.8 Å². The Kier molecular flexibility index (Phi) is 5.64. The summed E-state index contributed by atoms with van der Waals surface area (Å²) in [5.74, 6) is 0.770. The maximum atomic E-state index is 5.11. The van der Waals surface area contributed by atoms with Gasteiger partial charge in [0.05, 0.1) is 22.8 Å². The van der Waals surface area contributed by atoms with E-state index in [1.807, 2.05) is 43.3 Å². The third kappa shape index (κ3) is 4.71. The van der Waals surface area contributed by atoms with Gasteiger partial charge in [-0.1, -0.05) is 36.4 Å². The monoisotopic (exact) mass is 302 g/mol. The second kappa shape index (κ2) is 7.72. The van der Waals surface area contributed by atoms with Crippen LogP contribution in [0.25, 0.3) is 0 Å². The largest absolute Gasteiger partial charge is 0.518 e. The first kappa shape index (κ1) is 14.6. The van der Waals surface area contributed by atoms with E-state index in [1.165, 1.54) is 21.0 Å². The van der Waals surface area contributed by atoms with E-state index >= 15 is 0 Å². The van der Waals surface area contributed by atoms with Gasteiger partial charge in [0, 0.05) is 13.1 Å². The van der Waals surface area contributed by atoms with Gasteiger partial charge in [-0.25, -0.2) is 3.51 Å². The molecule has 0 atom stereocenters. The minimum absolute atomic E-state index is 0.737. The van der Waals surface area contributed by atoms with Gasteiger partial charge in [0.15, 0.2) is 0 Å². The van der Waals surface area contributed by atoms with Gasteiger partial charge in [-0.3, -0.25) is 4.98 Å². The first-order chi connectivity index (χ1) is 9.75. The van der Waals surface area contributed by atoms with Crippen molar-refractivity contribution in [3.8, 4) is 0 Å². The van der Waals surface area contributed by atoms with Crippen molar-refractivity contribution in [2.45, 2.75) is 12.7 Å². The molecule has 6 heteroatoms. The van der Waals surface area contributed by atoms with Crippen LogP contribution in [0.15, 0.2) is 65.1 Å². The molecule has 0 aliphatic carbocycles. The lowest BCUT2D eigenvalue weighted by molar-refractivity contribution is -0.227. The lowest BCUT2D eigenvalue weighted by Gasteiger charge is -2.02. The summed E-state index contributed by atoms with van der Waals surface area (Å²) in [5, 5.41) is 8.06. The fraction of sp³-hybridized carbons (Fsp3) is 0.143. The van der Waals surface area contributed by atoms with Crippen LogP contribution >= 0.6 is 11.9 Å². The van der Waals surface area contributed by atoms with Gasteiger partial charge in [0.25, 0.3) is 0 Å². The Hall–Kier alpha value is -1.79. The first-order valence-electron chi connectivity index (χ1n) is 6.06. The number of hydrogen-bond donors (Lipinski definition) is 0. The summed E-state index contributed by atoms with van der Waals surface area (Å²) in [6, 6.07) is 15.8. The number of aromatic nitrogens is 1. The number of pyridine rings is 1. The molecular formula is C14H14N4S2. The SMILES string of the molecule is C/C(=N\N=[N+]([S-])SCc1ccccc1)c1ccccn1. The number of hydrogen-bond acceptors (Lipinski definition) is 4. The third-order valence-electron chi connectivity index (χ3n) is 2.49. The van der Waals surface area contributed by atoms with E-state index in [0.717, 1.165) is 17.2 Å². The van der Waals surface area contributed by atoms with Crippen LogP contribution in [0.1, 0.15) is 18.2 Å². The highest BCUT2D eigenvalue weighted by molar-refractivity contribution is 7.95. The van der Waals surface area contributed by atoms with Gasteiger partial charge in [-0.05, 0) is 17.7 Å². The molecule has 2 rings (SSSR count). The highest BCUT2D eigenvalue weighted by Gasteiger charge is 2.03. The van der Waals surface area contributed by atoms with Crippen molar-refractivity contribution in [3.63, 3.8) is 0 Å². The van der Waals surface area contributed by atoms with E-state index in [2.05, 4.69) is 27.4 Å². The molecule has 0 saturated heterocycles. The second-order valence-corrected chi connectivity index (χ2v) is 5.46. The Morgan fingerprint density at radius 2 is 1.95 bits per heavy atom. The molecule has 1 aromatic carbocycles. The average molecular weight is 302 g/mol. The number of nitrogens with zero attached hydrogens (tertiary/aromatic N) is 4. The summed E-state index contributed by atoms with van der Waals surface area (Å²) < 4.78 is 1.35. The standard InChI is InChI=1S/C14H14N4S2/c1-12(14-9-5-6-10-15-14)16-17-18(19)20-11-13-7-3-2-4-8-13/h2-10H,11H2,1H3/b16-12+,18-17?. The normalized spacial score (nSPS) is 12.4. The maximum absolute atomic E-state index is 5.11. The molecule has 4 nitrogen and oxygen atoms in total. The van der Waals surface area contributed by atoms with Gasteiger partial charge < -0.3 is 12.8 Å². The summed E-state index contributed by atoms with van der Waals surface area (Å²) in [7, 11) is 0. The molecule has 1 aromatic heterocycles. The average Bonchev–Trinajstić information content (AvgIpc) is 2.52. The molecule has 0 unspecified atom stereocenters. The third-order valence-corrected chi connectivity index (χ3v) is 3.63. The molecular weight excluding hydrogens is 288 g/mol. The fourth-order valence-electron chi connectivity index (χ4n) is 1.46. The Morgan fingerprint density at radius 3 is 2.65 bits per heavy atom. The highest BCUT2D eigenvalue weighted by atomic mass is 32.2. The van der Waals surface area contributed by atoms with E-state index < -0.39 is 0 Å². The van der Waals surface area contributed by atoms with Crippen molar-refractivity contribution in [1.29, 1.82) is 0 Å². The molecule has 2 aromatic rings. The van der Waals surface area contributed by atoms with Gasteiger partial charge in [0.2, 0.25) is 5.71 Å². The molecule has 0 aliphatic heterocycles. The molecule has 0 bridgehead atoms. The van der Waals surface area contributed by atoms with Gasteiger partial charge in [-0.2, -0.15) is 0 Å². The lowest BCUT2D eigenvalue weighted by Crippen LogP contribution is -1.97. The smallest absolute Gasteiger partial charge is 0.202 e. The van der Waals surface area contributed by atoms with Crippen LogP contribution in [0.4, 0.5) is 0 Å². The molecule has 0 radical (unpaired) electrons. The Labute approximate surface area is 128 Å². The van der Waals surface area contributed by atoms with E-state index in [9.17, 15) is 0 Å². The Balaban J connectivity index is 1.94. The molecule has 0 spiro atoms. The van der Waals surface area contributed by atoms with Crippen LogP contribution in [0, 0.1) is 0 Å². The zero-order valence-corrected chi connectivity index (χ0v) is 12.6. The van der Waals surface area contributed by atoms with Crippen LogP contribution in [0.5, 0.6) is 0 Å². The van der Waals surface area contributed by atoms with Crippen LogP contribution in [0.2, 0.25) is 0 Å². The van der Waals surface area contributed by atoms with Gasteiger partial charge >= 0.3 is 0 Å². The van der Waals surface area contributed by atoms with Crippen molar-refractivity contribution in [2.75, 3.05) is 0 Å². The van der Waals surface area contributed by atoms with E-state index in [-0.39, 0.29) is 0 Å². The molecule has 0 amide bonds. The molecule has 0 aliphatic rings. The van der Waals surface area contributed by atoms with Crippen molar-refractivity contribution >= 4 is 30.5 Å². The predicted molar refractivity (Wildman–Crippen MR) is 84.2 cm³/mol. The summed E-state index contributed by atoms with van der Waals surface area (Å²) in [6.07, 6.45) is 1.73. The second-order valence-electron chi connectivity index (χ2n) is 3.99. The minimum Gasteiger partial charge on any atom is -0.518 e. The Bertz CT molecular complexity index is 597.